The van der Waals surface area contributed by atoms with Crippen molar-refractivity contribution in [3.8, 4) is 0 Å². The van der Waals surface area contributed by atoms with Gasteiger partial charge in [0.2, 0.25) is 5.13 Å². The molecule has 2 saturated carbocycles. The Morgan fingerprint density at radius 2 is 2.18 bits per heavy atom. The number of hydrogen-bond acceptors (Lipinski definition) is 4. The molecule has 3 rings (SSSR count). The van der Waals surface area contributed by atoms with Gasteiger partial charge in [-0.1, -0.05) is 6.42 Å². The van der Waals surface area contributed by atoms with Gasteiger partial charge in [0.25, 0.3) is 0 Å². The third-order valence-corrected chi connectivity index (χ3v) is 4.73. The smallest absolute Gasteiger partial charge is 0.202 e. The first-order chi connectivity index (χ1) is 8.31. The molecule has 1 aromatic rings. The number of alkyl halides is 1. The van der Waals surface area contributed by atoms with Crippen LogP contribution in [0, 0.1) is 5.92 Å². The molecular formula is C12H18ClN3S. The zero-order chi connectivity index (χ0) is 11.7. The maximum Gasteiger partial charge on any atom is 0.202 e. The van der Waals surface area contributed by atoms with E-state index in [1.54, 1.807) is 0 Å². The van der Waals surface area contributed by atoms with Crippen molar-refractivity contribution < 1.29 is 0 Å². The number of anilines is 1. The fourth-order valence-corrected chi connectivity index (χ4v) is 3.51. The van der Waals surface area contributed by atoms with Gasteiger partial charge in [-0.05, 0) is 38.0 Å². The molecule has 2 aliphatic carbocycles. The molecule has 0 saturated heterocycles. The van der Waals surface area contributed by atoms with Crippen LogP contribution in [0.2, 0.25) is 0 Å². The lowest BCUT2D eigenvalue weighted by atomic mass is 9.89. The highest BCUT2D eigenvalue weighted by molar-refractivity contribution is 7.09. The van der Waals surface area contributed by atoms with Crippen molar-refractivity contribution in [3.63, 3.8) is 0 Å². The quantitative estimate of drug-likeness (QED) is 0.850. The van der Waals surface area contributed by atoms with Gasteiger partial charge in [0.15, 0.2) is 0 Å². The Morgan fingerprint density at radius 3 is 2.94 bits per heavy atom. The Kier molecular flexibility index (Phi) is 3.52. The fraction of sp³-hybridized carbons (Fsp3) is 0.833. The van der Waals surface area contributed by atoms with E-state index in [9.17, 15) is 0 Å². The lowest BCUT2D eigenvalue weighted by molar-refractivity contribution is 0.378. The number of hydrogen-bond donors (Lipinski definition) is 1. The van der Waals surface area contributed by atoms with E-state index in [0.717, 1.165) is 23.9 Å². The summed E-state index contributed by atoms with van der Waals surface area (Å²) in [6.45, 7) is 1.00. The highest BCUT2D eigenvalue weighted by Crippen LogP contribution is 2.39. The summed E-state index contributed by atoms with van der Waals surface area (Å²) in [5.41, 5.74) is 0. The van der Waals surface area contributed by atoms with Gasteiger partial charge < -0.3 is 5.32 Å². The van der Waals surface area contributed by atoms with E-state index in [1.807, 2.05) is 0 Å². The molecule has 17 heavy (non-hydrogen) atoms. The summed E-state index contributed by atoms with van der Waals surface area (Å²) < 4.78 is 4.40. The molecule has 2 atom stereocenters. The van der Waals surface area contributed by atoms with Crippen molar-refractivity contribution in [1.82, 2.24) is 9.36 Å². The molecule has 1 aromatic heterocycles. The summed E-state index contributed by atoms with van der Waals surface area (Å²) in [6.07, 6.45) is 7.43. The molecule has 1 N–H and O–H groups in total. The molecule has 0 radical (unpaired) electrons. The van der Waals surface area contributed by atoms with Gasteiger partial charge in [0.1, 0.15) is 5.82 Å². The largest absolute Gasteiger partial charge is 0.360 e. The predicted octanol–water partition coefficient (Wildman–Crippen LogP) is 3.63. The Hall–Kier alpha value is -0.350. The van der Waals surface area contributed by atoms with Crippen LogP contribution in [-0.2, 0) is 0 Å². The maximum absolute atomic E-state index is 6.19. The third-order valence-electron chi connectivity index (χ3n) is 3.65. The van der Waals surface area contributed by atoms with Crippen molar-refractivity contribution in [2.45, 2.75) is 49.8 Å². The van der Waals surface area contributed by atoms with Gasteiger partial charge in [-0.15, -0.1) is 11.6 Å². The Labute approximate surface area is 111 Å². The third kappa shape index (κ3) is 3.10. The van der Waals surface area contributed by atoms with Crippen molar-refractivity contribution in [1.29, 1.82) is 0 Å². The zero-order valence-corrected chi connectivity index (χ0v) is 11.4. The monoisotopic (exact) mass is 271 g/mol. The van der Waals surface area contributed by atoms with Gasteiger partial charge >= 0.3 is 0 Å². The van der Waals surface area contributed by atoms with Crippen LogP contribution in [0.5, 0.6) is 0 Å². The van der Waals surface area contributed by atoms with Gasteiger partial charge in [0, 0.05) is 29.4 Å². The minimum Gasteiger partial charge on any atom is -0.360 e. The molecule has 2 unspecified atom stereocenters. The molecule has 0 aromatic carbocycles. The SMILES string of the molecule is ClC1CCCC(CNc2nc(C3CC3)ns2)C1. The summed E-state index contributed by atoms with van der Waals surface area (Å²) in [4.78, 5) is 4.54. The number of nitrogens with one attached hydrogen (secondary N) is 1. The zero-order valence-electron chi connectivity index (χ0n) is 9.86. The average Bonchev–Trinajstić information content (AvgIpc) is 3.07. The summed E-state index contributed by atoms with van der Waals surface area (Å²) in [6, 6.07) is 0. The Bertz CT molecular complexity index is 378. The Morgan fingerprint density at radius 1 is 1.29 bits per heavy atom. The van der Waals surface area contributed by atoms with Crippen molar-refractivity contribution >= 4 is 28.3 Å². The highest BCUT2D eigenvalue weighted by Gasteiger charge is 2.28. The molecule has 3 nitrogen and oxygen atoms in total. The number of rotatable bonds is 4. The lowest BCUT2D eigenvalue weighted by Gasteiger charge is -2.25. The van der Waals surface area contributed by atoms with E-state index in [4.69, 9.17) is 11.6 Å². The van der Waals surface area contributed by atoms with Crippen LogP contribution in [0.3, 0.4) is 0 Å². The van der Waals surface area contributed by atoms with Crippen molar-refractivity contribution in [2.24, 2.45) is 5.92 Å². The summed E-state index contributed by atoms with van der Waals surface area (Å²) >= 11 is 7.70. The average molecular weight is 272 g/mol. The minimum atomic E-state index is 0.381. The van der Waals surface area contributed by atoms with E-state index >= 15 is 0 Å². The van der Waals surface area contributed by atoms with Crippen LogP contribution < -0.4 is 5.32 Å². The second-order valence-electron chi connectivity index (χ2n) is 5.24. The fourth-order valence-electron chi connectivity index (χ4n) is 2.46. The van der Waals surface area contributed by atoms with E-state index < -0.39 is 0 Å². The topological polar surface area (TPSA) is 37.8 Å². The van der Waals surface area contributed by atoms with Crippen LogP contribution in [0.25, 0.3) is 0 Å². The van der Waals surface area contributed by atoms with Crippen molar-refractivity contribution in [3.05, 3.63) is 5.82 Å². The maximum atomic E-state index is 6.19. The van der Waals surface area contributed by atoms with E-state index in [1.165, 1.54) is 43.6 Å². The van der Waals surface area contributed by atoms with Gasteiger partial charge in [0.05, 0.1) is 0 Å². The van der Waals surface area contributed by atoms with Crippen molar-refractivity contribution in [2.75, 3.05) is 11.9 Å². The normalized spacial score (nSPS) is 29.2. The molecule has 5 heteroatoms. The number of nitrogens with zero attached hydrogens (tertiary/aromatic N) is 2. The molecular weight excluding hydrogens is 254 g/mol. The molecule has 94 valence electrons. The summed E-state index contributed by atoms with van der Waals surface area (Å²) in [5.74, 6) is 2.42. The molecule has 0 bridgehead atoms. The minimum absolute atomic E-state index is 0.381. The molecule has 2 aliphatic rings. The van der Waals surface area contributed by atoms with Crippen LogP contribution >= 0.6 is 23.1 Å². The van der Waals surface area contributed by atoms with E-state index in [-0.39, 0.29) is 0 Å². The van der Waals surface area contributed by atoms with Crippen LogP contribution in [0.4, 0.5) is 5.13 Å². The van der Waals surface area contributed by atoms with E-state index in [2.05, 4.69) is 14.7 Å². The first-order valence-electron chi connectivity index (χ1n) is 6.53. The van der Waals surface area contributed by atoms with Gasteiger partial charge in [-0.3, -0.25) is 0 Å². The molecule has 0 aliphatic heterocycles. The summed E-state index contributed by atoms with van der Waals surface area (Å²) in [7, 11) is 0. The van der Waals surface area contributed by atoms with E-state index in [0.29, 0.717) is 17.2 Å². The van der Waals surface area contributed by atoms with Gasteiger partial charge in [-0.2, -0.15) is 4.37 Å². The highest BCUT2D eigenvalue weighted by atomic mass is 35.5. The predicted molar refractivity (Wildman–Crippen MR) is 72.0 cm³/mol. The number of aromatic nitrogens is 2. The van der Waals surface area contributed by atoms with Crippen LogP contribution in [-0.4, -0.2) is 21.3 Å². The molecule has 2 fully saturated rings. The van der Waals surface area contributed by atoms with Crippen LogP contribution in [0.15, 0.2) is 0 Å². The molecule has 0 spiro atoms. The molecule has 0 amide bonds. The summed E-state index contributed by atoms with van der Waals surface area (Å²) in [5, 5.41) is 4.80. The lowest BCUT2D eigenvalue weighted by Crippen LogP contribution is -2.22. The van der Waals surface area contributed by atoms with Crippen LogP contribution in [0.1, 0.15) is 50.3 Å². The molecule has 1 heterocycles. The second-order valence-corrected chi connectivity index (χ2v) is 6.61. The first kappa shape index (κ1) is 11.7. The first-order valence-corrected chi connectivity index (χ1v) is 7.74. The Balaban J connectivity index is 1.49. The van der Waals surface area contributed by atoms with Gasteiger partial charge in [-0.25, -0.2) is 4.98 Å². The number of halogens is 1. The second kappa shape index (κ2) is 5.11. The standard InChI is InChI=1S/C12H18ClN3S/c13-10-3-1-2-8(6-10)7-14-12-15-11(16-17-12)9-4-5-9/h8-10H,1-7H2,(H,14,15,16).